The zero-order chi connectivity index (χ0) is 21.8. The molecule has 0 aliphatic carbocycles. The number of para-hydroxylation sites is 2. The first kappa shape index (κ1) is 21.3. The minimum absolute atomic E-state index is 0.0896. The Morgan fingerprint density at radius 2 is 1.65 bits per heavy atom. The number of hydrogen-bond donors (Lipinski definition) is 1. The Morgan fingerprint density at radius 3 is 2.35 bits per heavy atom. The first-order valence-corrected chi connectivity index (χ1v) is 10.8. The highest BCUT2D eigenvalue weighted by Gasteiger charge is 2.41. The first-order valence-electron chi connectivity index (χ1n) is 10.5. The predicted molar refractivity (Wildman–Crippen MR) is 123 cm³/mol. The molecule has 0 bridgehead atoms. The fraction of sp³-hybridized carbons (Fsp3) is 0.269. The van der Waals surface area contributed by atoms with Crippen LogP contribution in [0.15, 0.2) is 78.9 Å². The van der Waals surface area contributed by atoms with Crippen molar-refractivity contribution >= 4 is 17.5 Å². The van der Waals surface area contributed by atoms with Crippen LogP contribution in [0.5, 0.6) is 11.5 Å². The van der Waals surface area contributed by atoms with Crippen molar-refractivity contribution in [1.82, 2.24) is 5.32 Å². The minimum atomic E-state index is -1.09. The van der Waals surface area contributed by atoms with Gasteiger partial charge >= 0.3 is 0 Å². The maximum Gasteiger partial charge on any atom is 0.267 e. The van der Waals surface area contributed by atoms with Gasteiger partial charge in [0.1, 0.15) is 6.61 Å². The fourth-order valence-electron chi connectivity index (χ4n) is 3.87. The lowest BCUT2D eigenvalue weighted by molar-refractivity contribution is -0.140. The van der Waals surface area contributed by atoms with Gasteiger partial charge in [-0.05, 0) is 55.7 Å². The SMILES string of the molecule is C[C@H](NC(=O)C1(C)COc2ccccc2O1)[C@@H](Cc1ccc(Cl)cc1)c1ccccc1. The highest BCUT2D eigenvalue weighted by Crippen LogP contribution is 2.35. The Kier molecular flexibility index (Phi) is 6.19. The van der Waals surface area contributed by atoms with Crippen LogP contribution in [0.4, 0.5) is 0 Å². The van der Waals surface area contributed by atoms with E-state index in [0.29, 0.717) is 16.5 Å². The van der Waals surface area contributed by atoms with Crippen LogP contribution >= 0.6 is 11.6 Å². The summed E-state index contributed by atoms with van der Waals surface area (Å²) >= 11 is 6.05. The molecule has 3 aromatic rings. The van der Waals surface area contributed by atoms with Gasteiger partial charge in [0, 0.05) is 17.0 Å². The Balaban J connectivity index is 1.52. The van der Waals surface area contributed by atoms with Crippen LogP contribution in [0.25, 0.3) is 0 Å². The summed E-state index contributed by atoms with van der Waals surface area (Å²) in [5.41, 5.74) is 1.24. The molecule has 0 radical (unpaired) electrons. The van der Waals surface area contributed by atoms with Gasteiger partial charge in [0.2, 0.25) is 5.60 Å². The van der Waals surface area contributed by atoms with Crippen LogP contribution in [0.2, 0.25) is 5.02 Å². The van der Waals surface area contributed by atoms with Crippen LogP contribution in [-0.4, -0.2) is 24.2 Å². The Bertz CT molecular complexity index is 1040. The maximum absolute atomic E-state index is 13.2. The van der Waals surface area contributed by atoms with Gasteiger partial charge in [-0.3, -0.25) is 4.79 Å². The van der Waals surface area contributed by atoms with Crippen molar-refractivity contribution < 1.29 is 14.3 Å². The highest BCUT2D eigenvalue weighted by atomic mass is 35.5. The van der Waals surface area contributed by atoms with Gasteiger partial charge < -0.3 is 14.8 Å². The van der Waals surface area contributed by atoms with Gasteiger partial charge in [0.15, 0.2) is 11.5 Å². The third-order valence-electron chi connectivity index (χ3n) is 5.73. The van der Waals surface area contributed by atoms with E-state index in [-0.39, 0.29) is 24.5 Å². The van der Waals surface area contributed by atoms with E-state index in [2.05, 4.69) is 17.4 Å². The molecule has 0 spiro atoms. The zero-order valence-electron chi connectivity index (χ0n) is 17.7. The normalized spacial score (nSPS) is 19.3. The lowest BCUT2D eigenvalue weighted by atomic mass is 9.86. The van der Waals surface area contributed by atoms with Crippen LogP contribution in [-0.2, 0) is 11.2 Å². The molecule has 1 amide bonds. The average molecular weight is 436 g/mol. The highest BCUT2D eigenvalue weighted by molar-refractivity contribution is 6.30. The van der Waals surface area contributed by atoms with Crippen molar-refractivity contribution in [1.29, 1.82) is 0 Å². The molecular weight excluding hydrogens is 410 g/mol. The lowest BCUT2D eigenvalue weighted by Gasteiger charge is -2.36. The summed E-state index contributed by atoms with van der Waals surface area (Å²) in [4.78, 5) is 13.2. The van der Waals surface area contributed by atoms with Crippen molar-refractivity contribution in [3.8, 4) is 11.5 Å². The Labute approximate surface area is 188 Å². The summed E-state index contributed by atoms with van der Waals surface area (Å²) < 4.78 is 11.8. The van der Waals surface area contributed by atoms with E-state index in [4.69, 9.17) is 21.1 Å². The molecule has 4 rings (SSSR count). The summed E-state index contributed by atoms with van der Waals surface area (Å²) in [5.74, 6) is 1.14. The maximum atomic E-state index is 13.2. The van der Waals surface area contributed by atoms with Gasteiger partial charge in [-0.1, -0.05) is 66.2 Å². The van der Waals surface area contributed by atoms with E-state index < -0.39 is 5.60 Å². The van der Waals surface area contributed by atoms with E-state index in [9.17, 15) is 4.79 Å². The topological polar surface area (TPSA) is 47.6 Å². The monoisotopic (exact) mass is 435 g/mol. The van der Waals surface area contributed by atoms with Gasteiger partial charge in [-0.15, -0.1) is 0 Å². The molecular formula is C26H26ClNO3. The molecule has 1 heterocycles. The fourth-order valence-corrected chi connectivity index (χ4v) is 4.00. The van der Waals surface area contributed by atoms with Crippen molar-refractivity contribution in [3.05, 3.63) is 95.0 Å². The molecule has 4 nitrogen and oxygen atoms in total. The number of fused-ring (bicyclic) bond motifs is 1. The number of amides is 1. The smallest absolute Gasteiger partial charge is 0.267 e. The van der Waals surface area contributed by atoms with Gasteiger partial charge in [-0.25, -0.2) is 0 Å². The Morgan fingerprint density at radius 1 is 1.00 bits per heavy atom. The minimum Gasteiger partial charge on any atom is -0.485 e. The first-order chi connectivity index (χ1) is 14.9. The summed E-state index contributed by atoms with van der Waals surface area (Å²) in [6.45, 7) is 3.96. The van der Waals surface area contributed by atoms with Crippen molar-refractivity contribution in [2.45, 2.75) is 37.8 Å². The molecule has 31 heavy (non-hydrogen) atoms. The number of halogens is 1. The van der Waals surface area contributed by atoms with Gasteiger partial charge in [0.05, 0.1) is 0 Å². The molecule has 1 aliphatic rings. The number of carbonyl (C=O) groups excluding carboxylic acids is 1. The molecule has 0 aromatic heterocycles. The van der Waals surface area contributed by atoms with Crippen LogP contribution < -0.4 is 14.8 Å². The number of rotatable bonds is 6. The molecule has 1 unspecified atom stereocenters. The van der Waals surface area contributed by atoms with Gasteiger partial charge in [-0.2, -0.15) is 0 Å². The summed E-state index contributed by atoms with van der Waals surface area (Å²) in [7, 11) is 0. The number of hydrogen-bond acceptors (Lipinski definition) is 3. The van der Waals surface area contributed by atoms with E-state index >= 15 is 0 Å². The largest absolute Gasteiger partial charge is 0.485 e. The van der Waals surface area contributed by atoms with Crippen molar-refractivity contribution in [2.24, 2.45) is 0 Å². The number of carbonyl (C=O) groups is 1. The second kappa shape index (κ2) is 9.03. The zero-order valence-corrected chi connectivity index (χ0v) is 18.4. The van der Waals surface area contributed by atoms with E-state index in [1.54, 1.807) is 6.92 Å². The van der Waals surface area contributed by atoms with Crippen LogP contribution in [0.3, 0.4) is 0 Å². The molecule has 1 aliphatic heterocycles. The van der Waals surface area contributed by atoms with Gasteiger partial charge in [0.25, 0.3) is 5.91 Å². The van der Waals surface area contributed by atoms with Crippen LogP contribution in [0.1, 0.15) is 30.9 Å². The molecule has 0 saturated carbocycles. The molecule has 0 fully saturated rings. The van der Waals surface area contributed by atoms with Crippen molar-refractivity contribution in [2.75, 3.05) is 6.61 Å². The number of ether oxygens (including phenoxy) is 2. The molecule has 3 aromatic carbocycles. The second-order valence-electron chi connectivity index (χ2n) is 8.18. The third-order valence-corrected chi connectivity index (χ3v) is 5.98. The molecule has 160 valence electrons. The van der Waals surface area contributed by atoms with E-state index in [1.165, 1.54) is 5.56 Å². The summed E-state index contributed by atoms with van der Waals surface area (Å²) in [6.07, 6.45) is 0.777. The number of nitrogens with one attached hydrogen (secondary N) is 1. The van der Waals surface area contributed by atoms with Crippen LogP contribution in [0, 0.1) is 0 Å². The Hall–Kier alpha value is -2.98. The predicted octanol–water partition coefficient (Wildman–Crippen LogP) is 5.40. The molecule has 1 N–H and O–H groups in total. The number of benzene rings is 3. The molecule has 5 heteroatoms. The molecule has 0 saturated heterocycles. The van der Waals surface area contributed by atoms with E-state index in [1.807, 2.05) is 73.7 Å². The van der Waals surface area contributed by atoms with E-state index in [0.717, 1.165) is 12.0 Å². The summed E-state index contributed by atoms with van der Waals surface area (Å²) in [6, 6.07) is 25.4. The second-order valence-corrected chi connectivity index (χ2v) is 8.61. The quantitative estimate of drug-likeness (QED) is 0.563. The molecule has 3 atom stereocenters. The third kappa shape index (κ3) is 4.86. The summed E-state index contributed by atoms with van der Waals surface area (Å²) in [5, 5.41) is 3.89. The standard InChI is InChI=1S/C26H26ClNO3/c1-18(28-25(29)26(2)17-30-23-10-6-7-11-24(23)31-26)22(20-8-4-3-5-9-20)16-19-12-14-21(27)15-13-19/h3-15,18,22H,16-17H2,1-2H3,(H,28,29)/t18-,22+,26?/m0/s1. The van der Waals surface area contributed by atoms with Crippen molar-refractivity contribution in [3.63, 3.8) is 0 Å². The average Bonchev–Trinajstić information content (AvgIpc) is 2.79. The lowest BCUT2D eigenvalue weighted by Crippen LogP contribution is -2.57.